The predicted molar refractivity (Wildman–Crippen MR) is 50.4 cm³/mol. The monoisotopic (exact) mass is 179 g/mol. The fraction of sp³-hybridized carbons (Fsp3) is 0.300. The smallest absolute Gasteiger partial charge is 0.407 e. The van der Waals surface area contributed by atoms with Crippen molar-refractivity contribution in [2.45, 2.75) is 13.5 Å². The van der Waals surface area contributed by atoms with Gasteiger partial charge in [-0.05, 0) is 18.1 Å². The van der Waals surface area contributed by atoms with E-state index in [9.17, 15) is 4.79 Å². The Morgan fingerprint density at radius 3 is 2.77 bits per heavy atom. The van der Waals surface area contributed by atoms with E-state index in [-0.39, 0.29) is 0 Å². The number of carbonyl (C=O) groups is 1. The van der Waals surface area contributed by atoms with E-state index in [1.807, 2.05) is 31.2 Å². The highest BCUT2D eigenvalue weighted by atomic mass is 16.5. The highest BCUT2D eigenvalue weighted by Crippen LogP contribution is 2.07. The molecule has 3 heteroatoms. The van der Waals surface area contributed by atoms with Gasteiger partial charge in [-0.2, -0.15) is 0 Å². The first-order valence-corrected chi connectivity index (χ1v) is 4.13. The number of hydrogen-bond donors (Lipinski definition) is 1. The lowest BCUT2D eigenvalue weighted by Gasteiger charge is -2.05. The van der Waals surface area contributed by atoms with E-state index < -0.39 is 6.09 Å². The lowest BCUT2D eigenvalue weighted by Crippen LogP contribution is -2.19. The largest absolute Gasteiger partial charge is 0.445 e. The zero-order chi connectivity index (χ0) is 9.68. The molecule has 0 bridgehead atoms. The van der Waals surface area contributed by atoms with Gasteiger partial charge in [0.25, 0.3) is 0 Å². The molecule has 0 aliphatic carbocycles. The topological polar surface area (TPSA) is 38.3 Å². The third-order valence-electron chi connectivity index (χ3n) is 1.82. The number of amides is 1. The second-order valence-electron chi connectivity index (χ2n) is 2.75. The highest BCUT2D eigenvalue weighted by molar-refractivity contribution is 5.66. The van der Waals surface area contributed by atoms with Crippen LogP contribution in [0.3, 0.4) is 0 Å². The molecule has 13 heavy (non-hydrogen) atoms. The summed E-state index contributed by atoms with van der Waals surface area (Å²) in [5, 5.41) is 2.39. The minimum atomic E-state index is -0.400. The van der Waals surface area contributed by atoms with Crippen LogP contribution in [-0.2, 0) is 11.3 Å². The maximum Gasteiger partial charge on any atom is 0.407 e. The molecule has 0 spiro atoms. The molecule has 3 nitrogen and oxygen atoms in total. The Kier molecular flexibility index (Phi) is 3.31. The second kappa shape index (κ2) is 4.50. The molecule has 1 aromatic rings. The number of aryl methyl sites for hydroxylation is 1. The molecule has 0 atom stereocenters. The van der Waals surface area contributed by atoms with E-state index in [0.717, 1.165) is 11.1 Å². The van der Waals surface area contributed by atoms with Crippen molar-refractivity contribution in [1.82, 2.24) is 5.32 Å². The van der Waals surface area contributed by atoms with Gasteiger partial charge in [0, 0.05) is 7.05 Å². The minimum Gasteiger partial charge on any atom is -0.445 e. The first kappa shape index (κ1) is 9.58. The number of nitrogens with one attached hydrogen (secondary N) is 1. The van der Waals surface area contributed by atoms with Gasteiger partial charge in [-0.15, -0.1) is 0 Å². The van der Waals surface area contributed by atoms with Gasteiger partial charge in [-0.25, -0.2) is 4.79 Å². The van der Waals surface area contributed by atoms with Crippen LogP contribution in [0.15, 0.2) is 24.3 Å². The quantitative estimate of drug-likeness (QED) is 0.752. The fourth-order valence-electron chi connectivity index (χ4n) is 0.988. The zero-order valence-electron chi connectivity index (χ0n) is 7.83. The first-order valence-electron chi connectivity index (χ1n) is 4.13. The Labute approximate surface area is 77.7 Å². The molecule has 70 valence electrons. The Morgan fingerprint density at radius 2 is 2.15 bits per heavy atom. The van der Waals surface area contributed by atoms with Crippen LogP contribution in [0.5, 0.6) is 0 Å². The van der Waals surface area contributed by atoms with Crippen LogP contribution in [0.4, 0.5) is 4.79 Å². The maximum absolute atomic E-state index is 10.8. The predicted octanol–water partition coefficient (Wildman–Crippen LogP) is 1.85. The van der Waals surface area contributed by atoms with Crippen LogP contribution in [0.2, 0.25) is 0 Å². The van der Waals surface area contributed by atoms with Gasteiger partial charge in [0.15, 0.2) is 0 Å². The number of rotatable bonds is 2. The summed E-state index contributed by atoms with van der Waals surface area (Å²) >= 11 is 0. The Morgan fingerprint density at radius 1 is 1.46 bits per heavy atom. The molecule has 1 aromatic carbocycles. The van der Waals surface area contributed by atoms with Crippen LogP contribution < -0.4 is 5.32 Å². The number of ether oxygens (including phenoxy) is 1. The zero-order valence-corrected chi connectivity index (χ0v) is 7.83. The lowest BCUT2D eigenvalue weighted by atomic mass is 10.1. The third-order valence-corrected chi connectivity index (χ3v) is 1.82. The third kappa shape index (κ3) is 2.78. The fourth-order valence-corrected chi connectivity index (χ4v) is 0.988. The number of hydrogen-bond acceptors (Lipinski definition) is 2. The van der Waals surface area contributed by atoms with Crippen molar-refractivity contribution in [2.75, 3.05) is 7.05 Å². The van der Waals surface area contributed by atoms with E-state index >= 15 is 0 Å². The Balaban J connectivity index is 2.54. The van der Waals surface area contributed by atoms with Gasteiger partial charge in [0.2, 0.25) is 0 Å². The van der Waals surface area contributed by atoms with Crippen LogP contribution in [0.25, 0.3) is 0 Å². The summed E-state index contributed by atoms with van der Waals surface area (Å²) in [6.07, 6.45) is -0.400. The highest BCUT2D eigenvalue weighted by Gasteiger charge is 2.00. The summed E-state index contributed by atoms with van der Waals surface area (Å²) in [6.45, 7) is 2.31. The average Bonchev–Trinajstić information content (AvgIpc) is 2.16. The van der Waals surface area contributed by atoms with Gasteiger partial charge in [0.1, 0.15) is 6.61 Å². The molecule has 0 saturated heterocycles. The maximum atomic E-state index is 10.8. The molecule has 0 radical (unpaired) electrons. The summed E-state index contributed by atoms with van der Waals surface area (Å²) < 4.78 is 4.91. The normalized spacial score (nSPS) is 9.38. The van der Waals surface area contributed by atoms with Crippen LogP contribution >= 0.6 is 0 Å². The van der Waals surface area contributed by atoms with Gasteiger partial charge < -0.3 is 10.1 Å². The lowest BCUT2D eigenvalue weighted by molar-refractivity contribution is 0.142. The molecule has 0 unspecified atom stereocenters. The molecule has 1 amide bonds. The van der Waals surface area contributed by atoms with Crippen molar-refractivity contribution < 1.29 is 9.53 Å². The standard InChI is InChI=1S/C10H13NO2/c1-8-5-3-4-6-9(8)7-13-10(12)11-2/h3-6H,7H2,1-2H3,(H,11,12). The van der Waals surface area contributed by atoms with Gasteiger partial charge in [-0.3, -0.25) is 0 Å². The van der Waals surface area contributed by atoms with Crippen molar-refractivity contribution in [3.63, 3.8) is 0 Å². The van der Waals surface area contributed by atoms with Crippen LogP contribution in [0.1, 0.15) is 11.1 Å². The van der Waals surface area contributed by atoms with E-state index in [4.69, 9.17) is 4.74 Å². The summed E-state index contributed by atoms with van der Waals surface area (Å²) in [7, 11) is 1.54. The summed E-state index contributed by atoms with van der Waals surface area (Å²) in [5.74, 6) is 0. The Hall–Kier alpha value is -1.51. The molecule has 0 aliphatic rings. The second-order valence-corrected chi connectivity index (χ2v) is 2.75. The molecular weight excluding hydrogens is 166 g/mol. The van der Waals surface area contributed by atoms with E-state index in [2.05, 4.69) is 5.32 Å². The van der Waals surface area contributed by atoms with Crippen molar-refractivity contribution in [2.24, 2.45) is 0 Å². The van der Waals surface area contributed by atoms with Gasteiger partial charge >= 0.3 is 6.09 Å². The van der Waals surface area contributed by atoms with Crippen LogP contribution in [0, 0.1) is 6.92 Å². The SMILES string of the molecule is CNC(=O)OCc1ccccc1C. The van der Waals surface area contributed by atoms with E-state index in [1.54, 1.807) is 7.05 Å². The Bertz CT molecular complexity index is 297. The molecule has 0 fully saturated rings. The first-order chi connectivity index (χ1) is 6.24. The molecular formula is C10H13NO2. The van der Waals surface area contributed by atoms with Crippen molar-refractivity contribution >= 4 is 6.09 Å². The summed E-state index contributed by atoms with van der Waals surface area (Å²) in [6, 6.07) is 7.81. The van der Waals surface area contributed by atoms with Crippen molar-refractivity contribution in [3.05, 3.63) is 35.4 Å². The van der Waals surface area contributed by atoms with Crippen molar-refractivity contribution in [3.8, 4) is 0 Å². The number of carbonyl (C=O) groups excluding carboxylic acids is 1. The summed E-state index contributed by atoms with van der Waals surface area (Å²) in [4.78, 5) is 10.8. The molecule has 0 saturated carbocycles. The van der Waals surface area contributed by atoms with Gasteiger partial charge in [0.05, 0.1) is 0 Å². The van der Waals surface area contributed by atoms with Crippen molar-refractivity contribution in [1.29, 1.82) is 0 Å². The van der Waals surface area contributed by atoms with E-state index in [0.29, 0.717) is 6.61 Å². The molecule has 0 aliphatic heterocycles. The van der Waals surface area contributed by atoms with Gasteiger partial charge in [-0.1, -0.05) is 24.3 Å². The molecule has 0 aromatic heterocycles. The minimum absolute atomic E-state index is 0.326. The van der Waals surface area contributed by atoms with E-state index in [1.165, 1.54) is 0 Å². The number of alkyl carbamates (subject to hydrolysis) is 1. The molecule has 1 rings (SSSR count). The molecule has 0 heterocycles. The van der Waals surface area contributed by atoms with Crippen LogP contribution in [-0.4, -0.2) is 13.1 Å². The summed E-state index contributed by atoms with van der Waals surface area (Å²) in [5.41, 5.74) is 2.16. The average molecular weight is 179 g/mol. The number of benzene rings is 1. The molecule has 1 N–H and O–H groups in total.